The standard InChI is InChI=1S/C14H19ClN4O/c15-11-1-2-12-13(9-11)18-14(17-12)10-16-3-4-19-5-7-20-8-6-19/h1-2,9,16H,3-8,10H2,(H,17,18). The van der Waals surface area contributed by atoms with Gasteiger partial charge in [-0.05, 0) is 18.2 Å². The van der Waals surface area contributed by atoms with Gasteiger partial charge in [-0.1, -0.05) is 11.6 Å². The number of halogens is 1. The first-order chi connectivity index (χ1) is 9.81. The first kappa shape index (κ1) is 13.8. The van der Waals surface area contributed by atoms with Crippen molar-refractivity contribution in [2.24, 2.45) is 0 Å². The fraction of sp³-hybridized carbons (Fsp3) is 0.500. The molecule has 2 N–H and O–H groups in total. The molecule has 0 radical (unpaired) electrons. The zero-order valence-electron chi connectivity index (χ0n) is 11.4. The van der Waals surface area contributed by atoms with Crippen LogP contribution in [0.4, 0.5) is 0 Å². The van der Waals surface area contributed by atoms with Crippen LogP contribution in [0.1, 0.15) is 5.82 Å². The normalized spacial score (nSPS) is 16.9. The van der Waals surface area contributed by atoms with Crippen LogP contribution in [0.3, 0.4) is 0 Å². The van der Waals surface area contributed by atoms with E-state index in [2.05, 4.69) is 20.2 Å². The number of H-pyrrole nitrogens is 1. The van der Waals surface area contributed by atoms with E-state index >= 15 is 0 Å². The number of nitrogens with one attached hydrogen (secondary N) is 2. The fourth-order valence-electron chi connectivity index (χ4n) is 2.39. The molecule has 0 amide bonds. The highest BCUT2D eigenvalue weighted by atomic mass is 35.5. The van der Waals surface area contributed by atoms with Gasteiger partial charge in [0.25, 0.3) is 0 Å². The maximum absolute atomic E-state index is 5.96. The van der Waals surface area contributed by atoms with Crippen LogP contribution in [0.25, 0.3) is 11.0 Å². The molecule has 0 spiro atoms. The first-order valence-corrected chi connectivity index (χ1v) is 7.34. The molecule has 1 saturated heterocycles. The molecule has 0 unspecified atom stereocenters. The summed E-state index contributed by atoms with van der Waals surface area (Å²) in [4.78, 5) is 10.2. The second-order valence-electron chi connectivity index (χ2n) is 4.98. The zero-order valence-corrected chi connectivity index (χ0v) is 12.1. The minimum Gasteiger partial charge on any atom is -0.379 e. The Hall–Kier alpha value is -1.14. The number of fused-ring (bicyclic) bond motifs is 1. The molecule has 1 fully saturated rings. The van der Waals surface area contributed by atoms with Crippen molar-refractivity contribution >= 4 is 22.6 Å². The molecule has 1 aromatic carbocycles. The van der Waals surface area contributed by atoms with E-state index in [-0.39, 0.29) is 0 Å². The quantitative estimate of drug-likeness (QED) is 0.823. The van der Waals surface area contributed by atoms with Crippen LogP contribution < -0.4 is 5.32 Å². The van der Waals surface area contributed by atoms with Gasteiger partial charge in [-0.15, -0.1) is 0 Å². The summed E-state index contributed by atoms with van der Waals surface area (Å²) in [6.45, 7) is 6.52. The van der Waals surface area contributed by atoms with Gasteiger partial charge < -0.3 is 15.0 Å². The molecular weight excluding hydrogens is 276 g/mol. The highest BCUT2D eigenvalue weighted by Crippen LogP contribution is 2.16. The third kappa shape index (κ3) is 3.49. The third-order valence-corrected chi connectivity index (χ3v) is 3.73. The van der Waals surface area contributed by atoms with Gasteiger partial charge in [-0.3, -0.25) is 4.90 Å². The molecule has 2 heterocycles. The van der Waals surface area contributed by atoms with E-state index in [4.69, 9.17) is 16.3 Å². The number of rotatable bonds is 5. The SMILES string of the molecule is Clc1ccc2nc(CNCCN3CCOCC3)[nH]c2c1. The molecule has 1 aromatic heterocycles. The van der Waals surface area contributed by atoms with Gasteiger partial charge >= 0.3 is 0 Å². The van der Waals surface area contributed by atoms with Gasteiger partial charge in [-0.2, -0.15) is 0 Å². The summed E-state index contributed by atoms with van der Waals surface area (Å²) < 4.78 is 5.33. The lowest BCUT2D eigenvalue weighted by atomic mass is 10.3. The summed E-state index contributed by atoms with van der Waals surface area (Å²) in [5, 5.41) is 4.14. The number of imidazole rings is 1. The number of benzene rings is 1. The predicted molar refractivity (Wildman–Crippen MR) is 80.1 cm³/mol. The Balaban J connectivity index is 1.47. The second-order valence-corrected chi connectivity index (χ2v) is 5.41. The van der Waals surface area contributed by atoms with E-state index in [9.17, 15) is 0 Å². The number of aromatic amines is 1. The van der Waals surface area contributed by atoms with E-state index in [1.807, 2.05) is 18.2 Å². The number of hydrogen-bond acceptors (Lipinski definition) is 4. The Morgan fingerprint density at radius 2 is 2.20 bits per heavy atom. The van der Waals surface area contributed by atoms with E-state index in [1.54, 1.807) is 0 Å². The number of morpholine rings is 1. The maximum Gasteiger partial charge on any atom is 0.121 e. The molecule has 1 aliphatic rings. The largest absolute Gasteiger partial charge is 0.379 e. The number of nitrogens with zero attached hydrogens (tertiary/aromatic N) is 2. The Labute approximate surface area is 123 Å². The molecule has 0 aliphatic carbocycles. The van der Waals surface area contributed by atoms with Crippen molar-refractivity contribution in [3.8, 4) is 0 Å². The van der Waals surface area contributed by atoms with Crippen LogP contribution >= 0.6 is 11.6 Å². The van der Waals surface area contributed by atoms with Crippen molar-refractivity contribution in [1.82, 2.24) is 20.2 Å². The van der Waals surface area contributed by atoms with Crippen molar-refractivity contribution in [2.75, 3.05) is 39.4 Å². The predicted octanol–water partition coefficient (Wildman–Crippen LogP) is 1.64. The molecule has 6 heteroatoms. The fourth-order valence-corrected chi connectivity index (χ4v) is 2.56. The molecular formula is C14H19ClN4O. The Morgan fingerprint density at radius 3 is 3.05 bits per heavy atom. The summed E-state index contributed by atoms with van der Waals surface area (Å²) in [6, 6.07) is 5.70. The smallest absolute Gasteiger partial charge is 0.121 e. The third-order valence-electron chi connectivity index (χ3n) is 3.49. The summed E-state index contributed by atoms with van der Waals surface area (Å²) in [7, 11) is 0. The van der Waals surface area contributed by atoms with Crippen LogP contribution in [0, 0.1) is 0 Å². The zero-order chi connectivity index (χ0) is 13.8. The lowest BCUT2D eigenvalue weighted by Gasteiger charge is -2.26. The highest BCUT2D eigenvalue weighted by molar-refractivity contribution is 6.31. The van der Waals surface area contributed by atoms with Crippen LogP contribution in [-0.2, 0) is 11.3 Å². The van der Waals surface area contributed by atoms with Gasteiger partial charge in [0.1, 0.15) is 5.82 Å². The van der Waals surface area contributed by atoms with E-state index in [0.717, 1.165) is 67.8 Å². The molecule has 5 nitrogen and oxygen atoms in total. The minimum absolute atomic E-state index is 0.730. The van der Waals surface area contributed by atoms with Crippen LogP contribution in [0.15, 0.2) is 18.2 Å². The second kappa shape index (κ2) is 6.54. The van der Waals surface area contributed by atoms with E-state index < -0.39 is 0 Å². The summed E-state index contributed by atoms with van der Waals surface area (Å²) in [6.07, 6.45) is 0. The van der Waals surface area contributed by atoms with Crippen LogP contribution in [0.2, 0.25) is 5.02 Å². The molecule has 20 heavy (non-hydrogen) atoms. The Morgan fingerprint density at radius 1 is 1.35 bits per heavy atom. The number of hydrogen-bond donors (Lipinski definition) is 2. The summed E-state index contributed by atoms with van der Waals surface area (Å²) >= 11 is 5.96. The van der Waals surface area contributed by atoms with Gasteiger partial charge in [0.2, 0.25) is 0 Å². The number of aromatic nitrogens is 2. The van der Waals surface area contributed by atoms with Gasteiger partial charge in [-0.25, -0.2) is 4.98 Å². The van der Waals surface area contributed by atoms with Crippen LogP contribution in [0.5, 0.6) is 0 Å². The summed E-state index contributed by atoms with van der Waals surface area (Å²) in [5.74, 6) is 0.948. The lowest BCUT2D eigenvalue weighted by Crippen LogP contribution is -2.40. The Bertz CT molecular complexity index is 565. The van der Waals surface area contributed by atoms with Gasteiger partial charge in [0.15, 0.2) is 0 Å². The highest BCUT2D eigenvalue weighted by Gasteiger charge is 2.09. The van der Waals surface area contributed by atoms with Gasteiger partial charge in [0.05, 0.1) is 30.8 Å². The minimum atomic E-state index is 0.730. The van der Waals surface area contributed by atoms with Crippen molar-refractivity contribution in [2.45, 2.75) is 6.54 Å². The van der Waals surface area contributed by atoms with E-state index in [0.29, 0.717) is 0 Å². The van der Waals surface area contributed by atoms with Crippen LogP contribution in [-0.4, -0.2) is 54.3 Å². The molecule has 1 aliphatic heterocycles. The molecule has 108 valence electrons. The van der Waals surface area contributed by atoms with Gasteiger partial charge in [0, 0.05) is 31.2 Å². The van der Waals surface area contributed by atoms with E-state index in [1.165, 1.54) is 0 Å². The number of ether oxygens (including phenoxy) is 1. The Kier molecular flexibility index (Phi) is 4.52. The first-order valence-electron chi connectivity index (χ1n) is 6.96. The maximum atomic E-state index is 5.96. The molecule has 3 rings (SSSR count). The van der Waals surface area contributed by atoms with Crippen molar-refractivity contribution in [3.63, 3.8) is 0 Å². The monoisotopic (exact) mass is 294 g/mol. The lowest BCUT2D eigenvalue weighted by molar-refractivity contribution is 0.0384. The molecule has 0 bridgehead atoms. The topological polar surface area (TPSA) is 53.2 Å². The molecule has 0 atom stereocenters. The summed E-state index contributed by atoms with van der Waals surface area (Å²) in [5.41, 5.74) is 1.95. The average Bonchev–Trinajstić information content (AvgIpc) is 2.86. The molecule has 0 saturated carbocycles. The average molecular weight is 295 g/mol. The van der Waals surface area contributed by atoms with Crippen molar-refractivity contribution < 1.29 is 4.74 Å². The van der Waals surface area contributed by atoms with Crippen molar-refractivity contribution in [1.29, 1.82) is 0 Å². The molecule has 2 aromatic rings. The van der Waals surface area contributed by atoms with Crippen molar-refractivity contribution in [3.05, 3.63) is 29.0 Å².